The number of hydrogen-bond acceptors (Lipinski definition) is 3. The fourth-order valence-electron chi connectivity index (χ4n) is 3.28. The number of hydrogen-bond donors (Lipinski definition) is 1. The third-order valence-electron chi connectivity index (χ3n) is 4.82. The van der Waals surface area contributed by atoms with E-state index < -0.39 is 0 Å². The van der Waals surface area contributed by atoms with Crippen molar-refractivity contribution in [3.63, 3.8) is 0 Å². The topological polar surface area (TPSA) is 66.5 Å². The number of nitrogens with zero attached hydrogens (tertiary/aromatic N) is 1. The lowest BCUT2D eigenvalue weighted by atomic mass is 10.1. The second kappa shape index (κ2) is 8.01. The summed E-state index contributed by atoms with van der Waals surface area (Å²) in [6.07, 6.45) is 0.585. The number of para-hydroxylation sites is 1. The molecule has 144 valence electrons. The minimum Gasteiger partial charge on any atom is -0.321 e. The first-order valence-electron chi connectivity index (χ1n) is 9.14. The largest absolute Gasteiger partial charge is 0.321 e. The van der Waals surface area contributed by atoms with Gasteiger partial charge in [0.05, 0.1) is 16.8 Å². The number of benzene rings is 3. The van der Waals surface area contributed by atoms with Gasteiger partial charge in [0, 0.05) is 16.6 Å². The number of carbonyl (C=O) groups is 3. The SMILES string of the molecule is O=C(Nc1ccccc1Br)c1ccc2c(c1)C(=O)N(CCc1ccccc1)C2=O. The van der Waals surface area contributed by atoms with Crippen LogP contribution in [0.4, 0.5) is 5.69 Å². The fraction of sp³-hybridized carbons (Fsp3) is 0.0870. The first-order valence-corrected chi connectivity index (χ1v) is 9.94. The van der Waals surface area contributed by atoms with Crippen LogP contribution in [0.2, 0.25) is 0 Å². The first-order chi connectivity index (χ1) is 14.0. The van der Waals surface area contributed by atoms with Gasteiger partial charge in [-0.15, -0.1) is 0 Å². The molecule has 0 aliphatic carbocycles. The Morgan fingerprint density at radius 1 is 0.862 bits per heavy atom. The molecule has 0 radical (unpaired) electrons. The minimum atomic E-state index is -0.364. The molecule has 3 aromatic carbocycles. The van der Waals surface area contributed by atoms with Crippen molar-refractivity contribution in [2.45, 2.75) is 6.42 Å². The van der Waals surface area contributed by atoms with Gasteiger partial charge in [0.25, 0.3) is 17.7 Å². The van der Waals surface area contributed by atoms with Gasteiger partial charge in [-0.25, -0.2) is 0 Å². The van der Waals surface area contributed by atoms with Crippen molar-refractivity contribution in [1.82, 2.24) is 4.90 Å². The smallest absolute Gasteiger partial charge is 0.261 e. The Bertz CT molecular complexity index is 1110. The lowest BCUT2D eigenvalue weighted by molar-refractivity contribution is 0.0656. The number of carbonyl (C=O) groups excluding carboxylic acids is 3. The third kappa shape index (κ3) is 3.84. The number of anilines is 1. The predicted molar refractivity (Wildman–Crippen MR) is 114 cm³/mol. The summed E-state index contributed by atoms with van der Waals surface area (Å²) < 4.78 is 0.757. The van der Waals surface area contributed by atoms with Crippen LogP contribution in [0.3, 0.4) is 0 Å². The highest BCUT2D eigenvalue weighted by Crippen LogP contribution is 2.26. The van der Waals surface area contributed by atoms with Crippen molar-refractivity contribution < 1.29 is 14.4 Å². The van der Waals surface area contributed by atoms with Gasteiger partial charge < -0.3 is 5.32 Å². The van der Waals surface area contributed by atoms with Crippen molar-refractivity contribution in [3.05, 3.63) is 99.5 Å². The normalized spacial score (nSPS) is 12.8. The van der Waals surface area contributed by atoms with Crippen molar-refractivity contribution in [2.75, 3.05) is 11.9 Å². The molecule has 6 heteroatoms. The number of nitrogens with one attached hydrogen (secondary N) is 1. The van der Waals surface area contributed by atoms with Crippen LogP contribution >= 0.6 is 15.9 Å². The number of halogens is 1. The van der Waals surface area contributed by atoms with E-state index in [1.165, 1.54) is 11.0 Å². The van der Waals surface area contributed by atoms with E-state index in [-0.39, 0.29) is 23.3 Å². The Morgan fingerprint density at radius 3 is 2.31 bits per heavy atom. The van der Waals surface area contributed by atoms with Crippen LogP contribution in [0.1, 0.15) is 36.6 Å². The summed E-state index contributed by atoms with van der Waals surface area (Å²) in [5.41, 5.74) is 2.61. The summed E-state index contributed by atoms with van der Waals surface area (Å²) in [6, 6.07) is 21.6. The molecule has 1 heterocycles. The highest BCUT2D eigenvalue weighted by atomic mass is 79.9. The Labute approximate surface area is 176 Å². The average Bonchev–Trinajstić information content (AvgIpc) is 2.98. The van der Waals surface area contributed by atoms with Crippen molar-refractivity contribution >= 4 is 39.3 Å². The molecule has 0 saturated carbocycles. The zero-order chi connectivity index (χ0) is 20.4. The second-order valence-electron chi connectivity index (χ2n) is 6.69. The molecule has 0 fully saturated rings. The van der Waals surface area contributed by atoms with E-state index in [2.05, 4.69) is 21.2 Å². The van der Waals surface area contributed by atoms with Crippen molar-refractivity contribution in [1.29, 1.82) is 0 Å². The Balaban J connectivity index is 1.52. The molecule has 0 bridgehead atoms. The molecule has 0 spiro atoms. The third-order valence-corrected chi connectivity index (χ3v) is 5.51. The van der Waals surface area contributed by atoms with Crippen LogP contribution < -0.4 is 5.32 Å². The maximum absolute atomic E-state index is 12.8. The second-order valence-corrected chi connectivity index (χ2v) is 7.55. The lowest BCUT2D eigenvalue weighted by Gasteiger charge is -2.13. The van der Waals surface area contributed by atoms with Gasteiger partial charge in [-0.1, -0.05) is 42.5 Å². The van der Waals surface area contributed by atoms with Crippen LogP contribution in [0.5, 0.6) is 0 Å². The molecule has 3 aromatic rings. The minimum absolute atomic E-state index is 0.267. The molecule has 4 rings (SSSR count). The van der Waals surface area contributed by atoms with E-state index >= 15 is 0 Å². The summed E-state index contributed by atoms with van der Waals surface area (Å²) in [4.78, 5) is 39.3. The zero-order valence-corrected chi connectivity index (χ0v) is 17.0. The summed E-state index contributed by atoms with van der Waals surface area (Å²) in [6.45, 7) is 0.300. The number of rotatable bonds is 5. The molecular formula is C23H17BrN2O3. The average molecular weight is 449 g/mol. The van der Waals surface area contributed by atoms with Crippen LogP contribution in [-0.2, 0) is 6.42 Å². The van der Waals surface area contributed by atoms with Gasteiger partial charge in [-0.2, -0.15) is 0 Å². The molecule has 1 aliphatic rings. The fourth-order valence-corrected chi connectivity index (χ4v) is 3.66. The van der Waals surface area contributed by atoms with Crippen LogP contribution in [0.15, 0.2) is 77.3 Å². The Hall–Kier alpha value is -3.25. The molecule has 0 saturated heterocycles. The van der Waals surface area contributed by atoms with Crippen molar-refractivity contribution in [2.24, 2.45) is 0 Å². The Morgan fingerprint density at radius 2 is 1.55 bits per heavy atom. The van der Waals surface area contributed by atoms with Crippen LogP contribution in [-0.4, -0.2) is 29.2 Å². The highest BCUT2D eigenvalue weighted by Gasteiger charge is 2.35. The highest BCUT2D eigenvalue weighted by molar-refractivity contribution is 9.10. The van der Waals surface area contributed by atoms with Gasteiger partial charge in [-0.3, -0.25) is 19.3 Å². The zero-order valence-electron chi connectivity index (χ0n) is 15.4. The molecule has 1 aliphatic heterocycles. The summed E-state index contributed by atoms with van der Waals surface area (Å²) in [7, 11) is 0. The number of amides is 3. The quantitative estimate of drug-likeness (QED) is 0.582. The van der Waals surface area contributed by atoms with E-state index in [0.717, 1.165) is 10.0 Å². The number of imide groups is 1. The first kappa shape index (κ1) is 19.1. The summed E-state index contributed by atoms with van der Waals surface area (Å²) >= 11 is 3.39. The number of fused-ring (bicyclic) bond motifs is 1. The molecule has 0 atom stereocenters. The monoisotopic (exact) mass is 448 g/mol. The molecule has 0 aromatic heterocycles. The standard InChI is InChI=1S/C23H17BrN2O3/c24-19-8-4-5-9-20(19)25-21(27)16-10-11-17-18(14-16)23(29)26(22(17)28)13-12-15-6-2-1-3-7-15/h1-11,14H,12-13H2,(H,25,27). The van der Waals surface area contributed by atoms with E-state index in [4.69, 9.17) is 0 Å². The summed E-state index contributed by atoms with van der Waals surface area (Å²) in [5.74, 6) is -1.03. The van der Waals surface area contributed by atoms with Gasteiger partial charge in [-0.05, 0) is 58.2 Å². The van der Waals surface area contributed by atoms with E-state index in [0.29, 0.717) is 29.8 Å². The van der Waals surface area contributed by atoms with Gasteiger partial charge in [0.2, 0.25) is 0 Å². The molecule has 0 unspecified atom stereocenters. The maximum atomic E-state index is 12.8. The van der Waals surface area contributed by atoms with E-state index in [9.17, 15) is 14.4 Å². The van der Waals surface area contributed by atoms with Gasteiger partial charge >= 0.3 is 0 Å². The molecule has 1 N–H and O–H groups in total. The molecule has 5 nitrogen and oxygen atoms in total. The Kier molecular flexibility index (Phi) is 5.27. The molecule has 29 heavy (non-hydrogen) atoms. The maximum Gasteiger partial charge on any atom is 0.261 e. The van der Waals surface area contributed by atoms with Crippen molar-refractivity contribution in [3.8, 4) is 0 Å². The summed E-state index contributed by atoms with van der Waals surface area (Å²) in [5, 5.41) is 2.81. The van der Waals surface area contributed by atoms with Gasteiger partial charge in [0.1, 0.15) is 0 Å². The molecular weight excluding hydrogens is 432 g/mol. The van der Waals surface area contributed by atoms with Gasteiger partial charge in [0.15, 0.2) is 0 Å². The lowest BCUT2D eigenvalue weighted by Crippen LogP contribution is -2.31. The van der Waals surface area contributed by atoms with E-state index in [1.54, 1.807) is 18.2 Å². The van der Waals surface area contributed by atoms with E-state index in [1.807, 2.05) is 48.5 Å². The molecule has 3 amide bonds. The predicted octanol–water partition coefficient (Wildman–Crippen LogP) is 4.54. The van der Waals surface area contributed by atoms with Crippen LogP contribution in [0.25, 0.3) is 0 Å². The van der Waals surface area contributed by atoms with Crippen LogP contribution in [0, 0.1) is 0 Å².